The molecule has 7 nitrogen and oxygen atoms in total. The minimum Gasteiger partial charge on any atom is -0.368 e. The minimum atomic E-state index is -0.214. The molecule has 0 fully saturated rings. The Morgan fingerprint density at radius 1 is 0.893 bits per heavy atom. The van der Waals surface area contributed by atoms with Crippen LogP contribution in [0.2, 0.25) is 0 Å². The first-order chi connectivity index (χ1) is 13.5. The first-order valence-corrected chi connectivity index (χ1v) is 8.74. The second kappa shape index (κ2) is 7.03. The summed E-state index contributed by atoms with van der Waals surface area (Å²) in [4.78, 5) is 29.7. The van der Waals surface area contributed by atoms with Crippen LogP contribution in [0.1, 0.15) is 21.7 Å². The fourth-order valence-electron chi connectivity index (χ4n) is 2.84. The molecule has 28 heavy (non-hydrogen) atoms. The molecule has 2 aromatic heterocycles. The predicted octanol–water partition coefficient (Wildman–Crippen LogP) is 3.54. The molecule has 7 heteroatoms. The molecule has 0 saturated carbocycles. The molecule has 0 spiro atoms. The largest absolute Gasteiger partial charge is 0.368 e. The van der Waals surface area contributed by atoms with Gasteiger partial charge in [0.1, 0.15) is 0 Å². The monoisotopic (exact) mass is 370 g/mol. The van der Waals surface area contributed by atoms with Crippen molar-refractivity contribution in [3.05, 3.63) is 71.8 Å². The Balaban J connectivity index is 1.60. The molecule has 3 N–H and O–H groups in total. The number of fused-ring (bicyclic) bond motifs is 1. The van der Waals surface area contributed by atoms with E-state index in [4.69, 9.17) is 5.73 Å². The summed E-state index contributed by atoms with van der Waals surface area (Å²) in [5.41, 5.74) is 11.7. The number of benzene rings is 2. The van der Waals surface area contributed by atoms with Crippen molar-refractivity contribution in [2.45, 2.75) is 13.8 Å². The number of hydrogen-bond donors (Lipinski definition) is 2. The lowest BCUT2D eigenvalue weighted by molar-refractivity contribution is 0.102. The zero-order valence-corrected chi connectivity index (χ0v) is 15.5. The molecular formula is C21H18N6O. The fraction of sp³-hybridized carbons (Fsp3) is 0.0952. The van der Waals surface area contributed by atoms with Gasteiger partial charge in [-0.2, -0.15) is 0 Å². The van der Waals surface area contributed by atoms with Gasteiger partial charge in [-0.3, -0.25) is 4.79 Å². The normalized spacial score (nSPS) is 10.8. The lowest BCUT2D eigenvalue weighted by Gasteiger charge is -2.09. The Morgan fingerprint density at radius 3 is 2.36 bits per heavy atom. The SMILES string of the molecule is Cc1nc2ccc(NC(=O)c3cccc(-c4cnc(N)nc4)c3)cc2nc1C. The highest BCUT2D eigenvalue weighted by molar-refractivity contribution is 6.05. The Kier molecular flexibility index (Phi) is 4.41. The van der Waals surface area contributed by atoms with Crippen LogP contribution in [0.4, 0.5) is 11.6 Å². The molecule has 2 heterocycles. The van der Waals surface area contributed by atoms with E-state index in [2.05, 4.69) is 25.3 Å². The third-order valence-corrected chi connectivity index (χ3v) is 4.46. The van der Waals surface area contributed by atoms with Crippen LogP contribution in [0.5, 0.6) is 0 Å². The molecule has 0 saturated heterocycles. The Morgan fingerprint density at radius 2 is 1.61 bits per heavy atom. The van der Waals surface area contributed by atoms with Gasteiger partial charge < -0.3 is 11.1 Å². The predicted molar refractivity (Wildman–Crippen MR) is 109 cm³/mol. The molecule has 1 amide bonds. The number of rotatable bonds is 3. The lowest BCUT2D eigenvalue weighted by atomic mass is 10.1. The van der Waals surface area contributed by atoms with Gasteiger partial charge in [0, 0.05) is 29.2 Å². The van der Waals surface area contributed by atoms with Crippen molar-refractivity contribution in [3.8, 4) is 11.1 Å². The number of nitrogens with zero attached hydrogens (tertiary/aromatic N) is 4. The summed E-state index contributed by atoms with van der Waals surface area (Å²) >= 11 is 0. The van der Waals surface area contributed by atoms with Crippen LogP contribution in [0, 0.1) is 13.8 Å². The van der Waals surface area contributed by atoms with Crippen molar-refractivity contribution in [1.82, 2.24) is 19.9 Å². The van der Waals surface area contributed by atoms with Gasteiger partial charge in [-0.1, -0.05) is 12.1 Å². The minimum absolute atomic E-state index is 0.211. The molecular weight excluding hydrogens is 352 g/mol. The van der Waals surface area contributed by atoms with E-state index < -0.39 is 0 Å². The number of carbonyl (C=O) groups excluding carboxylic acids is 1. The summed E-state index contributed by atoms with van der Waals surface area (Å²) in [6.45, 7) is 3.84. The Hall–Kier alpha value is -3.87. The molecule has 0 aliphatic carbocycles. The third-order valence-electron chi connectivity index (χ3n) is 4.46. The standard InChI is InChI=1S/C21H18N6O/c1-12-13(2)26-19-9-17(6-7-18(19)25-12)27-20(28)15-5-3-4-14(8-15)16-10-23-21(22)24-11-16/h3-11H,1-2H3,(H,27,28)(H2,22,23,24). The van der Waals surface area contributed by atoms with Gasteiger partial charge in [0.15, 0.2) is 0 Å². The van der Waals surface area contributed by atoms with Crippen molar-refractivity contribution in [2.75, 3.05) is 11.1 Å². The molecule has 0 radical (unpaired) electrons. The number of nitrogens with two attached hydrogens (primary N) is 1. The zero-order chi connectivity index (χ0) is 19.7. The van der Waals surface area contributed by atoms with E-state index in [1.165, 1.54) is 0 Å². The summed E-state index contributed by atoms with van der Waals surface area (Å²) in [6.07, 6.45) is 3.26. The van der Waals surface area contributed by atoms with Crippen LogP contribution >= 0.6 is 0 Å². The Labute approximate surface area is 161 Å². The average molecular weight is 370 g/mol. The maximum Gasteiger partial charge on any atom is 0.255 e. The molecule has 0 aliphatic rings. The van der Waals surface area contributed by atoms with Crippen molar-refractivity contribution < 1.29 is 4.79 Å². The van der Waals surface area contributed by atoms with E-state index in [-0.39, 0.29) is 11.9 Å². The van der Waals surface area contributed by atoms with Gasteiger partial charge in [0.2, 0.25) is 5.95 Å². The summed E-state index contributed by atoms with van der Waals surface area (Å²) in [6, 6.07) is 12.8. The summed E-state index contributed by atoms with van der Waals surface area (Å²) in [5, 5.41) is 2.91. The van der Waals surface area contributed by atoms with E-state index in [1.54, 1.807) is 24.5 Å². The maximum atomic E-state index is 12.7. The Bertz CT molecular complexity index is 1190. The average Bonchev–Trinajstić information content (AvgIpc) is 2.70. The number of aryl methyl sites for hydroxylation is 2. The molecule has 4 aromatic rings. The zero-order valence-electron chi connectivity index (χ0n) is 15.5. The van der Waals surface area contributed by atoms with E-state index in [1.807, 2.05) is 44.2 Å². The lowest BCUT2D eigenvalue weighted by Crippen LogP contribution is -2.12. The number of aromatic nitrogens is 4. The van der Waals surface area contributed by atoms with Crippen molar-refractivity contribution in [1.29, 1.82) is 0 Å². The van der Waals surface area contributed by atoms with Crippen LogP contribution in [0.15, 0.2) is 54.9 Å². The third kappa shape index (κ3) is 3.50. The molecule has 2 aromatic carbocycles. The molecule has 138 valence electrons. The van der Waals surface area contributed by atoms with Gasteiger partial charge in [-0.05, 0) is 49.7 Å². The second-order valence-electron chi connectivity index (χ2n) is 6.46. The highest BCUT2D eigenvalue weighted by Gasteiger charge is 2.10. The first kappa shape index (κ1) is 17.5. The number of amides is 1. The highest BCUT2D eigenvalue weighted by atomic mass is 16.1. The van der Waals surface area contributed by atoms with Gasteiger partial charge >= 0.3 is 0 Å². The fourth-order valence-corrected chi connectivity index (χ4v) is 2.84. The van der Waals surface area contributed by atoms with E-state index in [0.717, 1.165) is 33.5 Å². The van der Waals surface area contributed by atoms with E-state index in [9.17, 15) is 4.79 Å². The number of nitrogens with one attached hydrogen (secondary N) is 1. The van der Waals surface area contributed by atoms with Gasteiger partial charge in [0.25, 0.3) is 5.91 Å². The molecule has 4 rings (SSSR count). The van der Waals surface area contributed by atoms with E-state index >= 15 is 0 Å². The van der Waals surface area contributed by atoms with Crippen molar-refractivity contribution in [3.63, 3.8) is 0 Å². The number of carbonyl (C=O) groups is 1. The second-order valence-corrected chi connectivity index (χ2v) is 6.46. The summed E-state index contributed by atoms with van der Waals surface area (Å²) in [5.74, 6) is -0.00293. The van der Waals surface area contributed by atoms with Crippen molar-refractivity contribution in [2.24, 2.45) is 0 Å². The van der Waals surface area contributed by atoms with Crippen LogP contribution in [-0.4, -0.2) is 25.8 Å². The van der Waals surface area contributed by atoms with Crippen LogP contribution in [-0.2, 0) is 0 Å². The summed E-state index contributed by atoms with van der Waals surface area (Å²) < 4.78 is 0. The van der Waals surface area contributed by atoms with Crippen molar-refractivity contribution >= 4 is 28.6 Å². The number of nitrogen functional groups attached to an aromatic ring is 1. The van der Waals surface area contributed by atoms with Gasteiger partial charge in [-0.25, -0.2) is 19.9 Å². The number of hydrogen-bond acceptors (Lipinski definition) is 6. The first-order valence-electron chi connectivity index (χ1n) is 8.74. The maximum absolute atomic E-state index is 12.7. The smallest absolute Gasteiger partial charge is 0.255 e. The molecule has 0 atom stereocenters. The van der Waals surface area contributed by atoms with Crippen LogP contribution < -0.4 is 11.1 Å². The highest BCUT2D eigenvalue weighted by Crippen LogP contribution is 2.21. The molecule has 0 aliphatic heterocycles. The molecule has 0 bridgehead atoms. The van der Waals surface area contributed by atoms with Crippen LogP contribution in [0.25, 0.3) is 22.2 Å². The van der Waals surface area contributed by atoms with Gasteiger partial charge in [-0.15, -0.1) is 0 Å². The topological polar surface area (TPSA) is 107 Å². The number of anilines is 2. The quantitative estimate of drug-likeness (QED) is 0.571. The summed E-state index contributed by atoms with van der Waals surface area (Å²) in [7, 11) is 0. The molecule has 0 unspecified atom stereocenters. The van der Waals surface area contributed by atoms with Gasteiger partial charge in [0.05, 0.1) is 22.4 Å². The van der Waals surface area contributed by atoms with E-state index in [0.29, 0.717) is 11.3 Å². The van der Waals surface area contributed by atoms with Crippen LogP contribution in [0.3, 0.4) is 0 Å².